The number of amides is 1. The van der Waals surface area contributed by atoms with E-state index in [9.17, 15) is 4.79 Å². The summed E-state index contributed by atoms with van der Waals surface area (Å²) in [6.45, 7) is 5.77. The second-order valence-electron chi connectivity index (χ2n) is 5.57. The van der Waals surface area contributed by atoms with Crippen LogP contribution in [0.4, 0.5) is 0 Å². The van der Waals surface area contributed by atoms with E-state index in [4.69, 9.17) is 0 Å². The fourth-order valence-corrected chi connectivity index (χ4v) is 2.94. The molecule has 0 saturated carbocycles. The minimum absolute atomic E-state index is 0.158. The Morgan fingerprint density at radius 1 is 1.53 bits per heavy atom. The molecule has 1 aromatic rings. The fourth-order valence-electron chi connectivity index (χ4n) is 2.94. The molecule has 2 heterocycles. The van der Waals surface area contributed by atoms with E-state index >= 15 is 0 Å². The van der Waals surface area contributed by atoms with Gasteiger partial charge in [0.2, 0.25) is 5.91 Å². The van der Waals surface area contributed by atoms with Crippen LogP contribution in [0.3, 0.4) is 0 Å². The summed E-state index contributed by atoms with van der Waals surface area (Å²) in [7, 11) is 2.03. The summed E-state index contributed by atoms with van der Waals surface area (Å²) < 4.78 is 2.12. The summed E-state index contributed by atoms with van der Waals surface area (Å²) in [4.78, 5) is 12.5. The van der Waals surface area contributed by atoms with Crippen LogP contribution in [-0.4, -0.2) is 22.6 Å². The van der Waals surface area contributed by atoms with Crippen LogP contribution in [0.5, 0.6) is 0 Å². The average Bonchev–Trinajstić information content (AvgIpc) is 2.98. The van der Waals surface area contributed by atoms with E-state index in [1.165, 1.54) is 5.69 Å². The normalized spacial score (nSPS) is 22.7. The molecule has 0 spiro atoms. The van der Waals surface area contributed by atoms with Crippen molar-refractivity contribution >= 4 is 5.91 Å². The van der Waals surface area contributed by atoms with Gasteiger partial charge in [0.25, 0.3) is 0 Å². The zero-order valence-electron chi connectivity index (χ0n) is 12.3. The van der Waals surface area contributed by atoms with Crippen molar-refractivity contribution in [3.05, 3.63) is 23.5 Å². The van der Waals surface area contributed by atoms with Gasteiger partial charge in [0.15, 0.2) is 0 Å². The van der Waals surface area contributed by atoms with E-state index in [0.29, 0.717) is 6.54 Å². The standard InChI is InChI=1S/C15H25N3O/c1-4-8-15(9-5-10-17-15)14(19)16-11-13-7-6-12(2)18(13)3/h6-7,17H,4-5,8-11H2,1-3H3,(H,16,19). The van der Waals surface area contributed by atoms with Gasteiger partial charge in [-0.1, -0.05) is 13.3 Å². The smallest absolute Gasteiger partial charge is 0.240 e. The number of aromatic nitrogens is 1. The molecule has 1 saturated heterocycles. The number of hydrogen-bond acceptors (Lipinski definition) is 2. The van der Waals surface area contributed by atoms with Crippen LogP contribution in [-0.2, 0) is 18.4 Å². The molecule has 2 N–H and O–H groups in total. The van der Waals surface area contributed by atoms with Gasteiger partial charge in [-0.2, -0.15) is 0 Å². The molecular weight excluding hydrogens is 238 g/mol. The number of carbonyl (C=O) groups is 1. The van der Waals surface area contributed by atoms with E-state index in [1.807, 2.05) is 7.05 Å². The second-order valence-corrected chi connectivity index (χ2v) is 5.57. The first-order valence-corrected chi connectivity index (χ1v) is 7.23. The highest BCUT2D eigenvalue weighted by Crippen LogP contribution is 2.25. The monoisotopic (exact) mass is 263 g/mol. The van der Waals surface area contributed by atoms with E-state index in [-0.39, 0.29) is 11.4 Å². The SMILES string of the molecule is CCCC1(C(=O)NCc2ccc(C)n2C)CCCN1. The molecule has 1 atom stereocenters. The number of nitrogens with zero attached hydrogens (tertiary/aromatic N) is 1. The van der Waals surface area contributed by atoms with Crippen molar-refractivity contribution in [2.45, 2.75) is 51.6 Å². The number of hydrogen-bond donors (Lipinski definition) is 2. The van der Waals surface area contributed by atoms with Gasteiger partial charge >= 0.3 is 0 Å². The summed E-state index contributed by atoms with van der Waals surface area (Å²) in [5.41, 5.74) is 2.04. The molecule has 0 aromatic carbocycles. The van der Waals surface area contributed by atoms with E-state index in [0.717, 1.165) is 37.9 Å². The first kappa shape index (κ1) is 14.1. The maximum atomic E-state index is 12.5. The van der Waals surface area contributed by atoms with Gasteiger partial charge < -0.3 is 15.2 Å². The van der Waals surface area contributed by atoms with Gasteiger partial charge in [0.1, 0.15) is 0 Å². The molecule has 0 radical (unpaired) electrons. The molecule has 4 nitrogen and oxygen atoms in total. The highest BCUT2D eigenvalue weighted by Gasteiger charge is 2.39. The summed E-state index contributed by atoms with van der Waals surface area (Å²) in [5.74, 6) is 0.158. The van der Waals surface area contributed by atoms with Crippen LogP contribution in [0.1, 0.15) is 44.0 Å². The van der Waals surface area contributed by atoms with Gasteiger partial charge in [0.05, 0.1) is 12.1 Å². The minimum atomic E-state index is -0.324. The summed E-state index contributed by atoms with van der Waals surface area (Å²) >= 11 is 0. The second kappa shape index (κ2) is 5.78. The lowest BCUT2D eigenvalue weighted by atomic mass is 9.91. The van der Waals surface area contributed by atoms with Crippen molar-refractivity contribution in [3.63, 3.8) is 0 Å². The molecule has 4 heteroatoms. The van der Waals surface area contributed by atoms with Crippen LogP contribution in [0.25, 0.3) is 0 Å². The van der Waals surface area contributed by atoms with Crippen LogP contribution in [0.2, 0.25) is 0 Å². The Morgan fingerprint density at radius 3 is 2.84 bits per heavy atom. The van der Waals surface area contributed by atoms with Crippen LogP contribution in [0, 0.1) is 6.92 Å². The third-order valence-electron chi connectivity index (χ3n) is 4.26. The molecule has 19 heavy (non-hydrogen) atoms. The number of nitrogens with one attached hydrogen (secondary N) is 2. The van der Waals surface area contributed by atoms with Crippen LogP contribution < -0.4 is 10.6 Å². The Labute approximate surface area is 115 Å². The van der Waals surface area contributed by atoms with E-state index in [2.05, 4.69) is 41.2 Å². The van der Waals surface area contributed by atoms with Crippen molar-refractivity contribution in [1.29, 1.82) is 0 Å². The molecular formula is C15H25N3O. The lowest BCUT2D eigenvalue weighted by Crippen LogP contribution is -2.53. The molecule has 1 aromatic heterocycles. The zero-order valence-corrected chi connectivity index (χ0v) is 12.3. The maximum Gasteiger partial charge on any atom is 0.240 e. The highest BCUT2D eigenvalue weighted by molar-refractivity contribution is 5.86. The first-order chi connectivity index (χ1) is 9.09. The Bertz CT molecular complexity index is 444. The van der Waals surface area contributed by atoms with Crippen molar-refractivity contribution < 1.29 is 4.79 Å². The molecule has 1 amide bonds. The van der Waals surface area contributed by atoms with E-state index in [1.54, 1.807) is 0 Å². The highest BCUT2D eigenvalue weighted by atomic mass is 16.2. The molecule has 1 aliphatic rings. The topological polar surface area (TPSA) is 46.1 Å². The Hall–Kier alpha value is -1.29. The quantitative estimate of drug-likeness (QED) is 0.852. The van der Waals surface area contributed by atoms with Crippen LogP contribution >= 0.6 is 0 Å². The molecule has 0 aliphatic carbocycles. The lowest BCUT2D eigenvalue weighted by Gasteiger charge is -2.27. The molecule has 2 rings (SSSR count). The third-order valence-corrected chi connectivity index (χ3v) is 4.26. The molecule has 1 aliphatic heterocycles. The van der Waals surface area contributed by atoms with Crippen molar-refractivity contribution in [3.8, 4) is 0 Å². The first-order valence-electron chi connectivity index (χ1n) is 7.23. The predicted molar refractivity (Wildman–Crippen MR) is 76.9 cm³/mol. The molecule has 106 valence electrons. The van der Waals surface area contributed by atoms with Gasteiger partial charge in [-0.3, -0.25) is 4.79 Å². The molecule has 0 bridgehead atoms. The number of rotatable bonds is 5. The van der Waals surface area contributed by atoms with Crippen LogP contribution in [0.15, 0.2) is 12.1 Å². The van der Waals surface area contributed by atoms with Crippen molar-refractivity contribution in [1.82, 2.24) is 15.2 Å². The van der Waals surface area contributed by atoms with Crippen molar-refractivity contribution in [2.75, 3.05) is 6.54 Å². The zero-order chi connectivity index (χ0) is 13.9. The average molecular weight is 263 g/mol. The summed E-state index contributed by atoms with van der Waals surface area (Å²) in [6, 6.07) is 4.15. The van der Waals surface area contributed by atoms with Gasteiger partial charge in [-0.15, -0.1) is 0 Å². The minimum Gasteiger partial charge on any atom is -0.350 e. The number of carbonyl (C=O) groups excluding carboxylic acids is 1. The maximum absolute atomic E-state index is 12.5. The largest absolute Gasteiger partial charge is 0.350 e. The third kappa shape index (κ3) is 2.84. The van der Waals surface area contributed by atoms with Gasteiger partial charge in [0, 0.05) is 18.4 Å². The summed E-state index contributed by atoms with van der Waals surface area (Å²) in [6.07, 6.45) is 4.00. The lowest BCUT2D eigenvalue weighted by molar-refractivity contribution is -0.127. The Morgan fingerprint density at radius 2 is 2.32 bits per heavy atom. The van der Waals surface area contributed by atoms with Gasteiger partial charge in [-0.25, -0.2) is 0 Å². The molecule has 1 unspecified atom stereocenters. The fraction of sp³-hybridized carbons (Fsp3) is 0.667. The predicted octanol–water partition coefficient (Wildman–Crippen LogP) is 1.87. The van der Waals surface area contributed by atoms with Crippen molar-refractivity contribution in [2.24, 2.45) is 7.05 Å². The summed E-state index contributed by atoms with van der Waals surface area (Å²) in [5, 5.41) is 6.51. The Kier molecular flexibility index (Phi) is 4.30. The van der Waals surface area contributed by atoms with Gasteiger partial charge in [-0.05, 0) is 44.9 Å². The molecule has 1 fully saturated rings. The van der Waals surface area contributed by atoms with E-state index < -0.39 is 0 Å². The number of aryl methyl sites for hydroxylation is 1. The Balaban J connectivity index is 1.98.